The highest BCUT2D eigenvalue weighted by Crippen LogP contribution is 2.35. The molecule has 7 heteroatoms. The van der Waals surface area contributed by atoms with Gasteiger partial charge in [0.2, 0.25) is 0 Å². The lowest BCUT2D eigenvalue weighted by atomic mass is 10.2. The van der Waals surface area contributed by atoms with Crippen molar-refractivity contribution in [2.45, 2.75) is 0 Å². The van der Waals surface area contributed by atoms with E-state index in [0.29, 0.717) is 22.9 Å². The number of aryl methyl sites for hydroxylation is 2. The number of nitrogens with zero attached hydrogens (tertiary/aromatic N) is 3. The van der Waals surface area contributed by atoms with Crippen molar-refractivity contribution in [2.24, 2.45) is 14.1 Å². The first kappa shape index (κ1) is 15.0. The Morgan fingerprint density at radius 2 is 1.87 bits per heavy atom. The van der Waals surface area contributed by atoms with Crippen molar-refractivity contribution < 1.29 is 14.3 Å². The number of hydrogen-bond acceptors (Lipinski definition) is 4. The zero-order chi connectivity index (χ0) is 16.6. The Balaban J connectivity index is 2.07. The van der Waals surface area contributed by atoms with Crippen molar-refractivity contribution in [2.75, 3.05) is 19.5 Å². The second-order valence-corrected chi connectivity index (χ2v) is 5.18. The summed E-state index contributed by atoms with van der Waals surface area (Å²) in [5, 5.41) is 7.69. The topological polar surface area (TPSA) is 70.3 Å². The van der Waals surface area contributed by atoms with Gasteiger partial charge < -0.3 is 19.4 Å². The highest BCUT2D eigenvalue weighted by molar-refractivity contribution is 6.08. The van der Waals surface area contributed by atoms with Gasteiger partial charge in [0.05, 0.1) is 31.6 Å². The molecular weight excluding hydrogens is 296 g/mol. The fourth-order valence-corrected chi connectivity index (χ4v) is 2.65. The molecule has 0 saturated carbocycles. The summed E-state index contributed by atoms with van der Waals surface area (Å²) in [5.74, 6) is 1.15. The second-order valence-electron chi connectivity index (χ2n) is 5.18. The van der Waals surface area contributed by atoms with Crippen LogP contribution >= 0.6 is 0 Å². The Kier molecular flexibility index (Phi) is 3.69. The second kappa shape index (κ2) is 5.68. The van der Waals surface area contributed by atoms with Gasteiger partial charge in [0.1, 0.15) is 17.2 Å². The van der Waals surface area contributed by atoms with Crippen LogP contribution in [-0.2, 0) is 14.1 Å². The molecule has 3 rings (SSSR count). The maximum Gasteiger partial charge on any atom is 0.272 e. The van der Waals surface area contributed by atoms with Crippen molar-refractivity contribution in [1.82, 2.24) is 14.3 Å². The zero-order valence-corrected chi connectivity index (χ0v) is 13.5. The van der Waals surface area contributed by atoms with Crippen LogP contribution < -0.4 is 14.8 Å². The molecule has 0 unspecified atom stereocenters. The van der Waals surface area contributed by atoms with Gasteiger partial charge in [-0.3, -0.25) is 9.48 Å². The van der Waals surface area contributed by atoms with Crippen molar-refractivity contribution in [3.8, 4) is 11.5 Å². The molecule has 0 atom stereocenters. The number of carbonyl (C=O) groups excluding carboxylic acids is 1. The number of amides is 1. The standard InChI is InChI=1S/C16H18N4O3/c1-19-9-10(8-17-19)18-16(21)12-7-11-13(22-3)5-6-14(23-4)15(11)20(12)2/h5-9H,1-4H3,(H,18,21). The van der Waals surface area contributed by atoms with Crippen LogP contribution in [0.5, 0.6) is 11.5 Å². The largest absolute Gasteiger partial charge is 0.496 e. The molecule has 0 aliphatic rings. The molecule has 1 aromatic carbocycles. The maximum absolute atomic E-state index is 12.6. The monoisotopic (exact) mass is 314 g/mol. The summed E-state index contributed by atoms with van der Waals surface area (Å²) in [6, 6.07) is 5.44. The van der Waals surface area contributed by atoms with Crippen molar-refractivity contribution >= 4 is 22.5 Å². The molecule has 2 heterocycles. The minimum Gasteiger partial charge on any atom is -0.496 e. The third-order valence-electron chi connectivity index (χ3n) is 3.75. The molecule has 0 fully saturated rings. The Hall–Kier alpha value is -2.96. The fourth-order valence-electron chi connectivity index (χ4n) is 2.65. The van der Waals surface area contributed by atoms with E-state index in [-0.39, 0.29) is 5.91 Å². The number of ether oxygens (including phenoxy) is 2. The van der Waals surface area contributed by atoms with E-state index in [1.165, 1.54) is 0 Å². The first-order chi connectivity index (χ1) is 11.0. The SMILES string of the molecule is COc1ccc(OC)c2c1cc(C(=O)Nc1cnn(C)c1)n2C. The molecule has 0 bridgehead atoms. The van der Waals surface area contributed by atoms with Gasteiger partial charge in [0, 0.05) is 25.7 Å². The lowest BCUT2D eigenvalue weighted by Gasteiger charge is -2.09. The minimum atomic E-state index is -0.221. The number of hydrogen-bond donors (Lipinski definition) is 1. The number of benzene rings is 1. The summed E-state index contributed by atoms with van der Waals surface area (Å²) in [5.41, 5.74) is 1.96. The van der Waals surface area contributed by atoms with E-state index in [1.54, 1.807) is 49.0 Å². The Bertz CT molecular complexity index is 879. The Labute approximate surface area is 133 Å². The van der Waals surface area contributed by atoms with Crippen LogP contribution in [0.1, 0.15) is 10.5 Å². The van der Waals surface area contributed by atoms with Gasteiger partial charge in [-0.05, 0) is 18.2 Å². The third kappa shape index (κ3) is 2.50. The number of anilines is 1. The molecule has 7 nitrogen and oxygen atoms in total. The predicted octanol–water partition coefficient (Wildman–Crippen LogP) is 2.18. The number of rotatable bonds is 4. The predicted molar refractivity (Wildman–Crippen MR) is 87.2 cm³/mol. The average Bonchev–Trinajstić information content (AvgIpc) is 3.10. The van der Waals surface area contributed by atoms with Crippen molar-refractivity contribution in [3.05, 3.63) is 36.3 Å². The van der Waals surface area contributed by atoms with Gasteiger partial charge >= 0.3 is 0 Å². The van der Waals surface area contributed by atoms with Crippen LogP contribution in [0.2, 0.25) is 0 Å². The van der Waals surface area contributed by atoms with Gasteiger partial charge in [-0.2, -0.15) is 5.10 Å². The van der Waals surface area contributed by atoms with Gasteiger partial charge in [0.15, 0.2) is 0 Å². The lowest BCUT2D eigenvalue weighted by Crippen LogP contribution is -2.15. The first-order valence-corrected chi connectivity index (χ1v) is 7.05. The zero-order valence-electron chi connectivity index (χ0n) is 13.5. The van der Waals surface area contributed by atoms with Gasteiger partial charge in [0.25, 0.3) is 5.91 Å². The van der Waals surface area contributed by atoms with Crippen LogP contribution in [0.4, 0.5) is 5.69 Å². The molecule has 2 aromatic heterocycles. The quantitative estimate of drug-likeness (QED) is 0.801. The van der Waals surface area contributed by atoms with Crippen LogP contribution in [0, 0.1) is 0 Å². The molecule has 0 aliphatic heterocycles. The van der Waals surface area contributed by atoms with E-state index < -0.39 is 0 Å². The molecule has 0 saturated heterocycles. The number of fused-ring (bicyclic) bond motifs is 1. The van der Waals surface area contributed by atoms with Gasteiger partial charge in [-0.1, -0.05) is 0 Å². The molecule has 23 heavy (non-hydrogen) atoms. The van der Waals surface area contributed by atoms with Crippen LogP contribution in [0.25, 0.3) is 10.9 Å². The molecular formula is C16H18N4O3. The summed E-state index contributed by atoms with van der Waals surface area (Å²) in [6.45, 7) is 0. The first-order valence-electron chi connectivity index (χ1n) is 7.05. The van der Waals surface area contributed by atoms with Crippen molar-refractivity contribution in [3.63, 3.8) is 0 Å². The summed E-state index contributed by atoms with van der Waals surface area (Å²) in [7, 11) is 6.82. The highest BCUT2D eigenvalue weighted by atomic mass is 16.5. The lowest BCUT2D eigenvalue weighted by molar-refractivity contribution is 0.101. The third-order valence-corrected chi connectivity index (χ3v) is 3.75. The Morgan fingerprint density at radius 1 is 1.17 bits per heavy atom. The van der Waals surface area contributed by atoms with E-state index >= 15 is 0 Å². The molecule has 0 spiro atoms. The van der Waals surface area contributed by atoms with E-state index in [0.717, 1.165) is 10.9 Å². The minimum absolute atomic E-state index is 0.221. The molecule has 0 aliphatic carbocycles. The Morgan fingerprint density at radius 3 is 2.48 bits per heavy atom. The van der Waals surface area contributed by atoms with E-state index in [4.69, 9.17) is 9.47 Å². The molecule has 1 N–H and O–H groups in total. The fraction of sp³-hybridized carbons (Fsp3) is 0.250. The number of aromatic nitrogens is 3. The highest BCUT2D eigenvalue weighted by Gasteiger charge is 2.19. The van der Waals surface area contributed by atoms with Gasteiger partial charge in [-0.25, -0.2) is 0 Å². The number of methoxy groups -OCH3 is 2. The van der Waals surface area contributed by atoms with E-state index in [1.807, 2.05) is 19.2 Å². The van der Waals surface area contributed by atoms with E-state index in [2.05, 4.69) is 10.4 Å². The van der Waals surface area contributed by atoms with E-state index in [9.17, 15) is 4.79 Å². The molecule has 3 aromatic rings. The molecule has 120 valence electrons. The maximum atomic E-state index is 12.6. The summed E-state index contributed by atoms with van der Waals surface area (Å²) in [6.07, 6.45) is 3.34. The molecule has 1 amide bonds. The van der Waals surface area contributed by atoms with Crippen LogP contribution in [0.15, 0.2) is 30.6 Å². The number of carbonyl (C=O) groups is 1. The number of nitrogens with one attached hydrogen (secondary N) is 1. The smallest absolute Gasteiger partial charge is 0.272 e. The van der Waals surface area contributed by atoms with Crippen LogP contribution in [0.3, 0.4) is 0 Å². The summed E-state index contributed by atoms with van der Waals surface area (Å²) >= 11 is 0. The molecule has 0 radical (unpaired) electrons. The van der Waals surface area contributed by atoms with Crippen LogP contribution in [-0.4, -0.2) is 34.5 Å². The normalized spacial score (nSPS) is 10.8. The average molecular weight is 314 g/mol. The summed E-state index contributed by atoms with van der Waals surface area (Å²) < 4.78 is 14.2. The van der Waals surface area contributed by atoms with Gasteiger partial charge in [-0.15, -0.1) is 0 Å². The summed E-state index contributed by atoms with van der Waals surface area (Å²) in [4.78, 5) is 12.6. The van der Waals surface area contributed by atoms with Crippen molar-refractivity contribution in [1.29, 1.82) is 0 Å².